The smallest absolute Gasteiger partial charge is 0.274 e. The van der Waals surface area contributed by atoms with E-state index in [0.717, 1.165) is 10.2 Å². The average Bonchev–Trinajstić information content (AvgIpc) is 3.06. The number of benzene rings is 2. The van der Waals surface area contributed by atoms with Crippen LogP contribution in [0, 0.1) is 6.92 Å². The standard InChI is InChI=1S/C19H19ClN2O3S2/c1-13-6-7-14(20)12-18(13)27(23,24)22-10-8-15(9-11-22)25-19-21-16-4-2-3-5-17(16)26-19/h2-7,12,15H,8-11H2,1H3. The van der Waals surface area contributed by atoms with Gasteiger partial charge in [-0.2, -0.15) is 4.31 Å². The molecule has 0 saturated carbocycles. The number of aryl methyl sites for hydroxylation is 1. The summed E-state index contributed by atoms with van der Waals surface area (Å²) in [4.78, 5) is 4.77. The largest absolute Gasteiger partial charge is 0.467 e. The van der Waals surface area contributed by atoms with Gasteiger partial charge in [0.05, 0.1) is 15.1 Å². The molecule has 0 atom stereocenters. The van der Waals surface area contributed by atoms with Gasteiger partial charge in [0, 0.05) is 18.1 Å². The molecular weight excluding hydrogens is 404 g/mol. The molecule has 0 N–H and O–H groups in total. The Morgan fingerprint density at radius 2 is 1.93 bits per heavy atom. The number of rotatable bonds is 4. The molecule has 2 heterocycles. The maximum atomic E-state index is 13.0. The van der Waals surface area contributed by atoms with E-state index in [1.807, 2.05) is 24.3 Å². The molecule has 1 fully saturated rings. The van der Waals surface area contributed by atoms with E-state index >= 15 is 0 Å². The third-order valence-electron chi connectivity index (χ3n) is 4.71. The van der Waals surface area contributed by atoms with Crippen molar-refractivity contribution >= 4 is 43.2 Å². The van der Waals surface area contributed by atoms with Crippen LogP contribution in [0.15, 0.2) is 47.4 Å². The van der Waals surface area contributed by atoms with Crippen molar-refractivity contribution in [3.63, 3.8) is 0 Å². The Hall–Kier alpha value is -1.67. The summed E-state index contributed by atoms with van der Waals surface area (Å²) in [6.45, 7) is 2.62. The first-order valence-electron chi connectivity index (χ1n) is 8.72. The van der Waals surface area contributed by atoms with Gasteiger partial charge in [-0.05, 0) is 49.6 Å². The van der Waals surface area contributed by atoms with Crippen molar-refractivity contribution in [2.24, 2.45) is 0 Å². The van der Waals surface area contributed by atoms with Crippen LogP contribution in [0.5, 0.6) is 5.19 Å². The zero-order valence-corrected chi connectivity index (χ0v) is 17.1. The van der Waals surface area contributed by atoms with E-state index in [-0.39, 0.29) is 11.0 Å². The molecule has 0 radical (unpaired) electrons. The highest BCUT2D eigenvalue weighted by Gasteiger charge is 2.31. The van der Waals surface area contributed by atoms with Crippen molar-refractivity contribution in [3.05, 3.63) is 53.1 Å². The number of hydrogen-bond donors (Lipinski definition) is 0. The molecule has 1 aliphatic rings. The summed E-state index contributed by atoms with van der Waals surface area (Å²) in [7, 11) is -3.55. The Bertz CT molecular complexity index is 1040. The summed E-state index contributed by atoms with van der Waals surface area (Å²) in [5.74, 6) is 0. The second kappa shape index (κ2) is 7.39. The number of sulfonamides is 1. The molecule has 0 unspecified atom stereocenters. The monoisotopic (exact) mass is 422 g/mol. The lowest BCUT2D eigenvalue weighted by atomic mass is 10.1. The number of piperidine rings is 1. The van der Waals surface area contributed by atoms with Crippen molar-refractivity contribution < 1.29 is 13.2 Å². The minimum atomic E-state index is -3.55. The molecule has 8 heteroatoms. The fourth-order valence-electron chi connectivity index (χ4n) is 3.23. The molecular formula is C19H19ClN2O3S2. The van der Waals surface area contributed by atoms with Gasteiger partial charge in [-0.3, -0.25) is 0 Å². The molecule has 0 aliphatic carbocycles. The predicted molar refractivity (Wildman–Crippen MR) is 108 cm³/mol. The van der Waals surface area contributed by atoms with Crippen LogP contribution >= 0.6 is 22.9 Å². The molecule has 0 amide bonds. The van der Waals surface area contributed by atoms with E-state index in [0.29, 0.717) is 41.7 Å². The van der Waals surface area contributed by atoms with Crippen molar-refractivity contribution in [1.29, 1.82) is 0 Å². The number of hydrogen-bond acceptors (Lipinski definition) is 5. The van der Waals surface area contributed by atoms with Gasteiger partial charge in [-0.1, -0.05) is 41.1 Å². The minimum absolute atomic E-state index is 0.0301. The lowest BCUT2D eigenvalue weighted by Crippen LogP contribution is -2.41. The number of halogens is 1. The number of fused-ring (bicyclic) bond motifs is 1. The highest BCUT2D eigenvalue weighted by Crippen LogP contribution is 2.31. The van der Waals surface area contributed by atoms with Crippen molar-refractivity contribution in [2.75, 3.05) is 13.1 Å². The third-order valence-corrected chi connectivity index (χ3v) is 7.91. The average molecular weight is 423 g/mol. The summed E-state index contributed by atoms with van der Waals surface area (Å²) < 4.78 is 34.5. The number of aromatic nitrogens is 1. The van der Waals surface area contributed by atoms with Gasteiger partial charge in [-0.25, -0.2) is 13.4 Å². The maximum absolute atomic E-state index is 13.0. The van der Waals surface area contributed by atoms with Crippen LogP contribution in [0.4, 0.5) is 0 Å². The van der Waals surface area contributed by atoms with Gasteiger partial charge < -0.3 is 4.74 Å². The van der Waals surface area contributed by atoms with Crippen LogP contribution in [0.3, 0.4) is 0 Å². The molecule has 2 aromatic carbocycles. The molecule has 1 saturated heterocycles. The summed E-state index contributed by atoms with van der Waals surface area (Å²) in [5, 5.41) is 1.07. The summed E-state index contributed by atoms with van der Waals surface area (Å²) in [6.07, 6.45) is 1.24. The molecule has 0 spiro atoms. The topological polar surface area (TPSA) is 59.5 Å². The zero-order chi connectivity index (χ0) is 19.0. The quantitative estimate of drug-likeness (QED) is 0.621. The van der Waals surface area contributed by atoms with Crippen LogP contribution in [-0.4, -0.2) is 36.9 Å². The molecule has 0 bridgehead atoms. The van der Waals surface area contributed by atoms with Gasteiger partial charge in [-0.15, -0.1) is 0 Å². The van der Waals surface area contributed by atoms with Gasteiger partial charge >= 0.3 is 0 Å². The maximum Gasteiger partial charge on any atom is 0.274 e. The van der Waals surface area contributed by atoms with Gasteiger partial charge in [0.15, 0.2) is 0 Å². The van der Waals surface area contributed by atoms with E-state index in [4.69, 9.17) is 16.3 Å². The van der Waals surface area contributed by atoms with Crippen molar-refractivity contribution in [3.8, 4) is 5.19 Å². The van der Waals surface area contributed by atoms with Crippen LogP contribution in [-0.2, 0) is 10.0 Å². The molecule has 27 heavy (non-hydrogen) atoms. The lowest BCUT2D eigenvalue weighted by Gasteiger charge is -2.31. The Balaban J connectivity index is 1.44. The molecule has 3 aromatic rings. The molecule has 1 aliphatic heterocycles. The lowest BCUT2D eigenvalue weighted by molar-refractivity contribution is 0.135. The Morgan fingerprint density at radius 1 is 1.19 bits per heavy atom. The first-order valence-corrected chi connectivity index (χ1v) is 11.4. The Labute approximate surface area is 167 Å². The molecule has 142 valence electrons. The van der Waals surface area contributed by atoms with Gasteiger partial charge in [0.2, 0.25) is 10.0 Å². The number of ether oxygens (including phenoxy) is 1. The first-order chi connectivity index (χ1) is 12.9. The van der Waals surface area contributed by atoms with Crippen molar-refractivity contribution in [1.82, 2.24) is 9.29 Å². The van der Waals surface area contributed by atoms with E-state index < -0.39 is 10.0 Å². The van der Waals surface area contributed by atoms with E-state index in [2.05, 4.69) is 4.98 Å². The summed E-state index contributed by atoms with van der Waals surface area (Å²) in [6, 6.07) is 12.9. The van der Waals surface area contributed by atoms with Crippen LogP contribution in [0.25, 0.3) is 10.2 Å². The highest BCUT2D eigenvalue weighted by atomic mass is 35.5. The van der Waals surface area contributed by atoms with Gasteiger partial charge in [0.25, 0.3) is 5.19 Å². The van der Waals surface area contributed by atoms with Crippen molar-refractivity contribution in [2.45, 2.75) is 30.8 Å². The normalized spacial score (nSPS) is 16.7. The highest BCUT2D eigenvalue weighted by molar-refractivity contribution is 7.89. The van der Waals surface area contributed by atoms with Crippen LogP contribution in [0.1, 0.15) is 18.4 Å². The Morgan fingerprint density at radius 3 is 2.67 bits per heavy atom. The fourth-order valence-corrected chi connectivity index (χ4v) is 6.06. The fraction of sp³-hybridized carbons (Fsp3) is 0.316. The third kappa shape index (κ3) is 3.82. The van der Waals surface area contributed by atoms with E-state index in [9.17, 15) is 8.42 Å². The zero-order valence-electron chi connectivity index (χ0n) is 14.8. The minimum Gasteiger partial charge on any atom is -0.467 e. The Kier molecular flexibility index (Phi) is 5.11. The van der Waals surface area contributed by atoms with Crippen LogP contribution in [0.2, 0.25) is 5.02 Å². The first kappa shape index (κ1) is 18.7. The molecule has 4 rings (SSSR count). The second-order valence-electron chi connectivity index (χ2n) is 6.58. The molecule has 5 nitrogen and oxygen atoms in total. The summed E-state index contributed by atoms with van der Waals surface area (Å²) >= 11 is 7.52. The predicted octanol–water partition coefficient (Wildman–Crippen LogP) is 4.49. The number of para-hydroxylation sites is 1. The second-order valence-corrected chi connectivity index (χ2v) is 9.91. The number of thiazole rings is 1. The van der Waals surface area contributed by atoms with Gasteiger partial charge in [0.1, 0.15) is 6.10 Å². The molecule has 1 aromatic heterocycles. The SMILES string of the molecule is Cc1ccc(Cl)cc1S(=O)(=O)N1CCC(Oc2nc3ccccc3s2)CC1. The van der Waals surface area contributed by atoms with E-state index in [1.54, 1.807) is 19.1 Å². The van der Waals surface area contributed by atoms with E-state index in [1.165, 1.54) is 21.7 Å². The number of nitrogens with zero attached hydrogens (tertiary/aromatic N) is 2. The summed E-state index contributed by atoms with van der Waals surface area (Å²) in [5.41, 5.74) is 1.63. The van der Waals surface area contributed by atoms with Crippen LogP contribution < -0.4 is 4.74 Å².